The monoisotopic (exact) mass is 262 g/mol. The molecule has 19 heavy (non-hydrogen) atoms. The molecule has 2 rings (SSSR count). The van der Waals surface area contributed by atoms with E-state index in [1.165, 1.54) is 24.1 Å². The van der Waals surface area contributed by atoms with Crippen molar-refractivity contribution in [1.82, 2.24) is 5.32 Å². The Bertz CT molecular complexity index is 417. The highest BCUT2D eigenvalue weighted by atomic mass is 16.5. The Hall–Kier alpha value is -1.22. The zero-order chi connectivity index (χ0) is 13.9. The Morgan fingerprint density at radius 2 is 2.16 bits per heavy atom. The molecule has 1 aromatic carbocycles. The standard InChI is InChI=1S/C16H26N2O/c1-16(2,3)14-10-12(7-8-15(14)19-4)18-11-13-6-5-9-17-13/h7-8,10,13,17-18H,5-6,9,11H2,1-4H3. The van der Waals surface area contributed by atoms with Gasteiger partial charge in [0, 0.05) is 23.8 Å². The summed E-state index contributed by atoms with van der Waals surface area (Å²) in [4.78, 5) is 0. The summed E-state index contributed by atoms with van der Waals surface area (Å²) in [5.41, 5.74) is 2.52. The Morgan fingerprint density at radius 1 is 1.37 bits per heavy atom. The molecule has 1 atom stereocenters. The smallest absolute Gasteiger partial charge is 0.122 e. The van der Waals surface area contributed by atoms with Gasteiger partial charge in [0.05, 0.1) is 7.11 Å². The van der Waals surface area contributed by atoms with Crippen LogP contribution in [0.2, 0.25) is 0 Å². The van der Waals surface area contributed by atoms with Crippen LogP contribution < -0.4 is 15.4 Å². The lowest BCUT2D eigenvalue weighted by atomic mass is 9.86. The maximum absolute atomic E-state index is 5.46. The molecule has 3 nitrogen and oxygen atoms in total. The Morgan fingerprint density at radius 3 is 2.74 bits per heavy atom. The molecular formula is C16H26N2O. The summed E-state index contributed by atoms with van der Waals surface area (Å²) in [6.45, 7) is 8.80. The van der Waals surface area contributed by atoms with Crippen molar-refractivity contribution in [2.75, 3.05) is 25.5 Å². The van der Waals surface area contributed by atoms with Crippen LogP contribution in [0.15, 0.2) is 18.2 Å². The van der Waals surface area contributed by atoms with Crippen LogP contribution in [0, 0.1) is 0 Å². The van der Waals surface area contributed by atoms with E-state index in [1.54, 1.807) is 7.11 Å². The highest BCUT2D eigenvalue weighted by Crippen LogP contribution is 2.33. The molecule has 0 aromatic heterocycles. The summed E-state index contributed by atoms with van der Waals surface area (Å²) in [6, 6.07) is 6.99. The average molecular weight is 262 g/mol. The minimum Gasteiger partial charge on any atom is -0.496 e. The van der Waals surface area contributed by atoms with E-state index < -0.39 is 0 Å². The van der Waals surface area contributed by atoms with E-state index in [-0.39, 0.29) is 5.41 Å². The van der Waals surface area contributed by atoms with Gasteiger partial charge in [0.25, 0.3) is 0 Å². The predicted octanol–water partition coefficient (Wildman–Crippen LogP) is 3.16. The van der Waals surface area contributed by atoms with Crippen molar-refractivity contribution in [3.8, 4) is 5.75 Å². The van der Waals surface area contributed by atoms with Crippen molar-refractivity contribution in [2.24, 2.45) is 0 Å². The Labute approximate surface area is 116 Å². The van der Waals surface area contributed by atoms with Gasteiger partial charge in [0.1, 0.15) is 5.75 Å². The predicted molar refractivity (Wildman–Crippen MR) is 81.2 cm³/mol. The second-order valence-electron chi connectivity index (χ2n) is 6.34. The minimum absolute atomic E-state index is 0.0919. The van der Waals surface area contributed by atoms with E-state index >= 15 is 0 Å². The number of rotatable bonds is 4. The molecule has 0 amide bonds. The van der Waals surface area contributed by atoms with Gasteiger partial charge < -0.3 is 15.4 Å². The maximum atomic E-state index is 5.46. The summed E-state index contributed by atoms with van der Waals surface area (Å²) in [5, 5.41) is 7.04. The van der Waals surface area contributed by atoms with E-state index in [9.17, 15) is 0 Å². The third-order valence-corrected chi connectivity index (χ3v) is 3.72. The van der Waals surface area contributed by atoms with Gasteiger partial charge in [0.2, 0.25) is 0 Å². The molecular weight excluding hydrogens is 236 g/mol. The van der Waals surface area contributed by atoms with E-state index in [2.05, 4.69) is 49.6 Å². The fraction of sp³-hybridized carbons (Fsp3) is 0.625. The second kappa shape index (κ2) is 5.83. The Balaban J connectivity index is 2.08. The molecule has 1 fully saturated rings. The first-order valence-electron chi connectivity index (χ1n) is 7.16. The number of anilines is 1. The van der Waals surface area contributed by atoms with Crippen LogP contribution in [-0.4, -0.2) is 26.2 Å². The third-order valence-electron chi connectivity index (χ3n) is 3.72. The lowest BCUT2D eigenvalue weighted by Crippen LogP contribution is -2.29. The zero-order valence-corrected chi connectivity index (χ0v) is 12.5. The van der Waals surface area contributed by atoms with E-state index in [0.29, 0.717) is 6.04 Å². The van der Waals surface area contributed by atoms with Gasteiger partial charge in [-0.3, -0.25) is 0 Å². The number of nitrogens with one attached hydrogen (secondary N) is 2. The first kappa shape index (κ1) is 14.2. The highest BCUT2D eigenvalue weighted by molar-refractivity contribution is 5.53. The molecule has 1 heterocycles. The van der Waals surface area contributed by atoms with Crippen LogP contribution in [0.5, 0.6) is 5.75 Å². The van der Waals surface area contributed by atoms with Gasteiger partial charge in [-0.05, 0) is 43.0 Å². The fourth-order valence-corrected chi connectivity index (χ4v) is 2.58. The number of benzene rings is 1. The molecule has 0 radical (unpaired) electrons. The molecule has 0 spiro atoms. The molecule has 1 saturated heterocycles. The lowest BCUT2D eigenvalue weighted by Gasteiger charge is -2.23. The van der Waals surface area contributed by atoms with Crippen LogP contribution in [0.4, 0.5) is 5.69 Å². The summed E-state index contributed by atoms with van der Waals surface area (Å²) in [5.74, 6) is 0.969. The van der Waals surface area contributed by atoms with Gasteiger partial charge in [0.15, 0.2) is 0 Å². The van der Waals surface area contributed by atoms with E-state index in [1.807, 2.05) is 0 Å². The number of methoxy groups -OCH3 is 1. The van der Waals surface area contributed by atoms with Crippen LogP contribution >= 0.6 is 0 Å². The molecule has 2 N–H and O–H groups in total. The lowest BCUT2D eigenvalue weighted by molar-refractivity contribution is 0.397. The normalized spacial score (nSPS) is 19.5. The minimum atomic E-state index is 0.0919. The fourth-order valence-electron chi connectivity index (χ4n) is 2.58. The summed E-state index contributed by atoms with van der Waals surface area (Å²) < 4.78 is 5.46. The first-order valence-corrected chi connectivity index (χ1v) is 7.16. The van der Waals surface area contributed by atoms with Gasteiger partial charge >= 0.3 is 0 Å². The van der Waals surface area contributed by atoms with Crippen LogP contribution in [0.25, 0.3) is 0 Å². The molecule has 0 aliphatic carbocycles. The molecule has 1 aromatic rings. The largest absolute Gasteiger partial charge is 0.496 e. The van der Waals surface area contributed by atoms with Crippen molar-refractivity contribution in [2.45, 2.75) is 45.1 Å². The molecule has 106 valence electrons. The van der Waals surface area contributed by atoms with Gasteiger partial charge in [-0.15, -0.1) is 0 Å². The maximum Gasteiger partial charge on any atom is 0.122 e. The van der Waals surface area contributed by atoms with Crippen molar-refractivity contribution in [1.29, 1.82) is 0 Å². The second-order valence-corrected chi connectivity index (χ2v) is 6.34. The number of ether oxygens (including phenoxy) is 1. The first-order chi connectivity index (χ1) is 9.00. The summed E-state index contributed by atoms with van der Waals surface area (Å²) >= 11 is 0. The van der Waals surface area contributed by atoms with Gasteiger partial charge in [-0.25, -0.2) is 0 Å². The van der Waals surface area contributed by atoms with E-state index in [4.69, 9.17) is 4.74 Å². The molecule has 0 bridgehead atoms. The number of hydrogen-bond acceptors (Lipinski definition) is 3. The van der Waals surface area contributed by atoms with Crippen LogP contribution in [-0.2, 0) is 5.41 Å². The molecule has 1 aliphatic rings. The average Bonchev–Trinajstić information content (AvgIpc) is 2.88. The zero-order valence-electron chi connectivity index (χ0n) is 12.5. The Kier molecular flexibility index (Phi) is 4.35. The molecule has 3 heteroatoms. The quantitative estimate of drug-likeness (QED) is 0.874. The number of hydrogen-bond donors (Lipinski definition) is 2. The highest BCUT2D eigenvalue weighted by Gasteiger charge is 2.19. The van der Waals surface area contributed by atoms with Crippen molar-refractivity contribution >= 4 is 5.69 Å². The molecule has 1 unspecified atom stereocenters. The SMILES string of the molecule is COc1ccc(NCC2CCCN2)cc1C(C)(C)C. The van der Waals surface area contributed by atoms with Gasteiger partial charge in [-0.1, -0.05) is 20.8 Å². The van der Waals surface area contributed by atoms with Gasteiger partial charge in [-0.2, -0.15) is 0 Å². The van der Waals surface area contributed by atoms with Crippen LogP contribution in [0.3, 0.4) is 0 Å². The van der Waals surface area contributed by atoms with Crippen LogP contribution in [0.1, 0.15) is 39.2 Å². The molecule has 1 aliphatic heterocycles. The third kappa shape index (κ3) is 3.63. The molecule has 0 saturated carbocycles. The summed E-state index contributed by atoms with van der Waals surface area (Å²) in [7, 11) is 1.74. The van der Waals surface area contributed by atoms with E-state index in [0.717, 1.165) is 18.8 Å². The summed E-state index contributed by atoms with van der Waals surface area (Å²) in [6.07, 6.45) is 2.57. The van der Waals surface area contributed by atoms with Crippen molar-refractivity contribution < 1.29 is 4.74 Å². The van der Waals surface area contributed by atoms with Crippen molar-refractivity contribution in [3.05, 3.63) is 23.8 Å². The van der Waals surface area contributed by atoms with Crippen molar-refractivity contribution in [3.63, 3.8) is 0 Å². The topological polar surface area (TPSA) is 33.3 Å².